The van der Waals surface area contributed by atoms with E-state index in [1.54, 1.807) is 23.9 Å². The highest BCUT2D eigenvalue weighted by Gasteiger charge is 2.32. The molecule has 0 bridgehead atoms. The topological polar surface area (TPSA) is 114 Å². The van der Waals surface area contributed by atoms with Gasteiger partial charge in [-0.3, -0.25) is 0 Å². The van der Waals surface area contributed by atoms with E-state index in [0.717, 1.165) is 38.3 Å². The molecule has 9 heteroatoms. The molecule has 0 radical (unpaired) electrons. The first-order chi connectivity index (χ1) is 21.9. The predicted molar refractivity (Wildman–Crippen MR) is 173 cm³/mol. The van der Waals surface area contributed by atoms with Gasteiger partial charge in [-0.25, -0.2) is 9.59 Å². The van der Waals surface area contributed by atoms with E-state index in [1.165, 1.54) is 6.08 Å². The molecule has 1 aliphatic heterocycles. The van der Waals surface area contributed by atoms with Crippen LogP contribution in [0.15, 0.2) is 115 Å². The molecule has 232 valence electrons. The zero-order valence-corrected chi connectivity index (χ0v) is 25.5. The Morgan fingerprint density at radius 2 is 1.64 bits per heavy atom. The molecule has 1 saturated heterocycles. The Kier molecular flexibility index (Phi) is 11.1. The van der Waals surface area contributed by atoms with Crippen LogP contribution < -0.4 is 5.32 Å². The lowest BCUT2D eigenvalue weighted by molar-refractivity contribution is -0.245. The Hall–Kier alpha value is -4.41. The first-order valence-electron chi connectivity index (χ1n) is 14.6. The minimum Gasteiger partial charge on any atom is -0.478 e. The highest BCUT2D eigenvalue weighted by Crippen LogP contribution is 2.40. The van der Waals surface area contributed by atoms with Crippen LogP contribution in [0.1, 0.15) is 51.4 Å². The molecule has 1 amide bonds. The summed E-state index contributed by atoms with van der Waals surface area (Å²) >= 11 is 1.61. The molecule has 0 unspecified atom stereocenters. The fourth-order valence-corrected chi connectivity index (χ4v) is 5.91. The van der Waals surface area contributed by atoms with Gasteiger partial charge < -0.3 is 29.7 Å². The second kappa shape index (κ2) is 15.5. The Balaban J connectivity index is 1.33. The molecule has 1 aliphatic rings. The number of amides is 1. The monoisotopic (exact) mass is 625 g/mol. The summed E-state index contributed by atoms with van der Waals surface area (Å²) in [7, 11) is 0. The highest BCUT2D eigenvalue weighted by molar-refractivity contribution is 7.99. The number of hydrogen-bond acceptors (Lipinski definition) is 7. The minimum absolute atomic E-state index is 0.0269. The van der Waals surface area contributed by atoms with Gasteiger partial charge in [0.2, 0.25) is 0 Å². The molecule has 5 rings (SSSR count). The number of aromatic carboxylic acids is 1. The summed E-state index contributed by atoms with van der Waals surface area (Å²) < 4.78 is 18.1. The van der Waals surface area contributed by atoms with Gasteiger partial charge in [-0.2, -0.15) is 0 Å². The van der Waals surface area contributed by atoms with Crippen LogP contribution in [-0.2, 0) is 27.4 Å². The standard InChI is InChI=1S/C36H35NO7S/c1-2-17-42-36(41)37-21-25-5-3-6-28(18-25)29-7-4-8-30(19-29)35-43-31(23-45-32-15-13-27(14-16-32)34(39)40)20-33(44-35)26-11-9-24(22-38)10-12-26/h2-16,18-19,31,33,35,38H,1,17,20-23H2,(H,37,41)(H,39,40)/t31-,33+,35+/m0/s1. The van der Waals surface area contributed by atoms with Gasteiger partial charge in [0.05, 0.1) is 24.4 Å². The molecule has 4 aromatic carbocycles. The molecule has 8 nitrogen and oxygen atoms in total. The van der Waals surface area contributed by atoms with Gasteiger partial charge in [0.1, 0.15) is 6.61 Å². The van der Waals surface area contributed by atoms with Crippen molar-refractivity contribution in [2.24, 2.45) is 0 Å². The fourth-order valence-electron chi connectivity index (χ4n) is 4.99. The average Bonchev–Trinajstić information content (AvgIpc) is 3.09. The van der Waals surface area contributed by atoms with Gasteiger partial charge in [0.15, 0.2) is 6.29 Å². The van der Waals surface area contributed by atoms with Crippen molar-refractivity contribution in [3.8, 4) is 11.1 Å². The number of nitrogens with one attached hydrogen (secondary N) is 1. The normalized spacial score (nSPS) is 17.8. The molecule has 3 atom stereocenters. The van der Waals surface area contributed by atoms with E-state index in [9.17, 15) is 19.8 Å². The van der Waals surface area contributed by atoms with Crippen molar-refractivity contribution in [2.45, 2.75) is 43.0 Å². The van der Waals surface area contributed by atoms with Gasteiger partial charge >= 0.3 is 12.1 Å². The predicted octanol–water partition coefficient (Wildman–Crippen LogP) is 7.29. The van der Waals surface area contributed by atoms with Gasteiger partial charge in [0.25, 0.3) is 0 Å². The number of benzene rings is 4. The summed E-state index contributed by atoms with van der Waals surface area (Å²) in [4.78, 5) is 24.1. The molecule has 4 aromatic rings. The Morgan fingerprint density at radius 3 is 2.36 bits per heavy atom. The fraction of sp³-hybridized carbons (Fsp3) is 0.222. The maximum atomic E-state index is 11.9. The summed E-state index contributed by atoms with van der Waals surface area (Å²) in [5, 5.41) is 21.5. The molecular weight excluding hydrogens is 590 g/mol. The summed E-state index contributed by atoms with van der Waals surface area (Å²) in [5.41, 5.74) is 5.86. The number of rotatable bonds is 12. The van der Waals surface area contributed by atoms with E-state index < -0.39 is 18.4 Å². The average molecular weight is 626 g/mol. The van der Waals surface area contributed by atoms with Crippen LogP contribution in [0.5, 0.6) is 0 Å². The van der Waals surface area contributed by atoms with Crippen LogP contribution in [0.3, 0.4) is 0 Å². The second-order valence-corrected chi connectivity index (χ2v) is 11.7. The lowest BCUT2D eigenvalue weighted by atomic mass is 9.99. The minimum atomic E-state index is -0.952. The van der Waals surface area contributed by atoms with Crippen molar-refractivity contribution in [1.82, 2.24) is 5.32 Å². The summed E-state index contributed by atoms with van der Waals surface area (Å²) in [6.07, 6.45) is 0.666. The van der Waals surface area contributed by atoms with Gasteiger partial charge in [-0.1, -0.05) is 73.3 Å². The summed E-state index contributed by atoms with van der Waals surface area (Å²) in [5.74, 6) is -0.298. The van der Waals surface area contributed by atoms with Crippen LogP contribution in [0.4, 0.5) is 4.79 Å². The van der Waals surface area contributed by atoms with Crippen LogP contribution in [0.25, 0.3) is 11.1 Å². The molecule has 0 aromatic heterocycles. The molecule has 0 saturated carbocycles. The maximum absolute atomic E-state index is 11.9. The van der Waals surface area contributed by atoms with Crippen LogP contribution >= 0.6 is 11.8 Å². The van der Waals surface area contributed by atoms with Crippen molar-refractivity contribution in [3.05, 3.63) is 138 Å². The first-order valence-corrected chi connectivity index (χ1v) is 15.6. The highest BCUT2D eigenvalue weighted by atomic mass is 32.2. The molecule has 3 N–H and O–H groups in total. The zero-order chi connectivity index (χ0) is 31.6. The lowest BCUT2D eigenvalue weighted by Gasteiger charge is -2.36. The van der Waals surface area contributed by atoms with Crippen molar-refractivity contribution in [2.75, 3.05) is 12.4 Å². The third-order valence-electron chi connectivity index (χ3n) is 7.34. The van der Waals surface area contributed by atoms with E-state index in [-0.39, 0.29) is 31.0 Å². The van der Waals surface area contributed by atoms with Gasteiger partial charge in [-0.15, -0.1) is 11.8 Å². The van der Waals surface area contributed by atoms with Crippen molar-refractivity contribution < 1.29 is 34.0 Å². The number of aliphatic hydroxyl groups excluding tert-OH is 1. The van der Waals surface area contributed by atoms with Gasteiger partial charge in [-0.05, 0) is 64.2 Å². The number of thioether (sulfide) groups is 1. The number of hydrogen-bond donors (Lipinski definition) is 3. The van der Waals surface area contributed by atoms with E-state index in [1.807, 2.05) is 78.9 Å². The molecular formula is C36H35NO7S. The number of alkyl carbamates (subject to hydrolysis) is 1. The van der Waals surface area contributed by atoms with Crippen LogP contribution in [0.2, 0.25) is 0 Å². The number of aliphatic hydroxyl groups is 1. The number of carboxylic acids is 1. The SMILES string of the molecule is C=CCOC(=O)NCc1cccc(-c2cccc([C@@H]3O[C@H](CSc4ccc(C(=O)O)cc4)C[C@H](c4ccc(CO)cc4)O3)c2)c1. The second-order valence-electron chi connectivity index (χ2n) is 10.6. The lowest BCUT2D eigenvalue weighted by Crippen LogP contribution is -2.31. The van der Waals surface area contributed by atoms with Crippen molar-refractivity contribution in [1.29, 1.82) is 0 Å². The summed E-state index contributed by atoms with van der Waals surface area (Å²) in [6.45, 7) is 4.00. The van der Waals surface area contributed by atoms with Gasteiger partial charge in [0, 0.05) is 29.2 Å². The van der Waals surface area contributed by atoms with Crippen molar-refractivity contribution >= 4 is 23.8 Å². The third-order valence-corrected chi connectivity index (χ3v) is 8.48. The van der Waals surface area contributed by atoms with Crippen LogP contribution in [0, 0.1) is 0 Å². The third kappa shape index (κ3) is 8.83. The molecule has 0 aliphatic carbocycles. The van der Waals surface area contributed by atoms with E-state index >= 15 is 0 Å². The van der Waals surface area contributed by atoms with Crippen LogP contribution in [-0.4, -0.2) is 40.7 Å². The summed E-state index contributed by atoms with van der Waals surface area (Å²) in [6, 6.07) is 30.6. The molecule has 1 heterocycles. The Morgan fingerprint density at radius 1 is 0.911 bits per heavy atom. The number of carbonyl (C=O) groups excluding carboxylic acids is 1. The number of carboxylic acid groups (broad SMARTS) is 1. The van der Waals surface area contributed by atoms with E-state index in [2.05, 4.69) is 18.0 Å². The molecule has 45 heavy (non-hydrogen) atoms. The largest absolute Gasteiger partial charge is 0.478 e. The number of ether oxygens (including phenoxy) is 3. The smallest absolute Gasteiger partial charge is 0.407 e. The number of carbonyl (C=O) groups is 2. The van der Waals surface area contributed by atoms with Crippen molar-refractivity contribution in [3.63, 3.8) is 0 Å². The van der Waals surface area contributed by atoms with E-state index in [4.69, 9.17) is 14.2 Å². The molecule has 0 spiro atoms. The van der Waals surface area contributed by atoms with E-state index in [0.29, 0.717) is 18.7 Å². The Bertz CT molecular complexity index is 1610. The maximum Gasteiger partial charge on any atom is 0.407 e. The molecule has 1 fully saturated rings. The zero-order valence-electron chi connectivity index (χ0n) is 24.6. The Labute approximate surface area is 266 Å². The quantitative estimate of drug-likeness (QED) is 0.111. The first kappa shape index (κ1) is 32.0.